The van der Waals surface area contributed by atoms with Crippen molar-refractivity contribution in [3.8, 4) is 17.2 Å². The number of amides is 1. The zero-order chi connectivity index (χ0) is 18.4. The smallest absolute Gasteiger partial charge is 0.228 e. The van der Waals surface area contributed by atoms with Gasteiger partial charge in [-0.2, -0.15) is 5.26 Å². The highest BCUT2D eigenvalue weighted by Gasteiger charge is 2.40. The van der Waals surface area contributed by atoms with Crippen LogP contribution in [0.2, 0.25) is 9.36 Å². The summed E-state index contributed by atoms with van der Waals surface area (Å²) in [5, 5.41) is 17.7. The van der Waals surface area contributed by atoms with Crippen LogP contribution in [0.3, 0.4) is 0 Å². The second-order valence-electron chi connectivity index (χ2n) is 6.45. The lowest BCUT2D eigenvalue weighted by Crippen LogP contribution is -2.46. The first kappa shape index (κ1) is 17.9. The van der Waals surface area contributed by atoms with Crippen molar-refractivity contribution in [3.63, 3.8) is 0 Å². The van der Waals surface area contributed by atoms with E-state index < -0.39 is 5.41 Å². The molecule has 4 nitrogen and oxygen atoms in total. The molecular formula is C18H15Cl2N3OS. The van der Waals surface area contributed by atoms with E-state index in [1.165, 1.54) is 16.2 Å². The number of carbonyl (C=O) groups is 1. The molecule has 1 atom stereocenters. The quantitative estimate of drug-likeness (QED) is 0.774. The van der Waals surface area contributed by atoms with Crippen molar-refractivity contribution in [2.45, 2.75) is 25.2 Å². The molecule has 1 saturated heterocycles. The molecule has 1 aliphatic heterocycles. The van der Waals surface area contributed by atoms with Crippen LogP contribution in [-0.2, 0) is 10.2 Å². The summed E-state index contributed by atoms with van der Waals surface area (Å²) >= 11 is 14.0. The summed E-state index contributed by atoms with van der Waals surface area (Å²) < 4.78 is 0.584. The second kappa shape index (κ2) is 6.45. The summed E-state index contributed by atoms with van der Waals surface area (Å²) in [5.74, 6) is 0.235. The Morgan fingerprint density at radius 1 is 1.28 bits per heavy atom. The zero-order valence-corrected chi connectivity index (χ0v) is 16.0. The fraction of sp³-hybridized carbons (Fsp3) is 0.278. The standard InChI is InChI=1S/C18H15Cl2N3OS/c1-18(7-15(22)23(2)16(24)8-18)14-6-13(17(20)25-14)11-3-10(9-21)4-12(19)5-11/h3-6,22H,7-8H2,1-2H3/t18-/m0/s1. The zero-order valence-electron chi connectivity index (χ0n) is 13.7. The summed E-state index contributed by atoms with van der Waals surface area (Å²) in [6, 6.07) is 9.15. The van der Waals surface area contributed by atoms with Crippen molar-refractivity contribution in [2.75, 3.05) is 7.05 Å². The molecule has 0 saturated carbocycles. The monoisotopic (exact) mass is 391 g/mol. The number of piperidine rings is 1. The van der Waals surface area contributed by atoms with E-state index in [-0.39, 0.29) is 5.91 Å². The highest BCUT2D eigenvalue weighted by atomic mass is 35.5. The summed E-state index contributed by atoms with van der Waals surface area (Å²) in [7, 11) is 1.63. The molecule has 0 radical (unpaired) electrons. The molecule has 0 unspecified atom stereocenters. The lowest BCUT2D eigenvalue weighted by Gasteiger charge is -2.36. The summed E-state index contributed by atoms with van der Waals surface area (Å²) in [6.07, 6.45) is 0.811. The molecule has 1 aromatic carbocycles. The van der Waals surface area contributed by atoms with E-state index in [1.54, 1.807) is 25.2 Å². The van der Waals surface area contributed by atoms with Crippen molar-refractivity contribution in [1.29, 1.82) is 10.7 Å². The van der Waals surface area contributed by atoms with E-state index in [2.05, 4.69) is 6.07 Å². The van der Waals surface area contributed by atoms with E-state index in [9.17, 15) is 4.79 Å². The van der Waals surface area contributed by atoms with Gasteiger partial charge in [0.15, 0.2) is 0 Å². The predicted octanol–water partition coefficient (Wildman–Crippen LogP) is 5.08. The molecule has 7 heteroatoms. The number of hydrogen-bond donors (Lipinski definition) is 1. The van der Waals surface area contributed by atoms with Gasteiger partial charge in [0.2, 0.25) is 5.91 Å². The Kier molecular flexibility index (Phi) is 4.63. The third kappa shape index (κ3) is 3.30. The highest BCUT2D eigenvalue weighted by molar-refractivity contribution is 7.17. The summed E-state index contributed by atoms with van der Waals surface area (Å²) in [4.78, 5) is 14.5. The first-order chi connectivity index (χ1) is 11.7. The van der Waals surface area contributed by atoms with Gasteiger partial charge in [0.05, 0.1) is 11.6 Å². The van der Waals surface area contributed by atoms with Crippen LogP contribution in [0.5, 0.6) is 0 Å². The fourth-order valence-electron chi connectivity index (χ4n) is 3.00. The minimum absolute atomic E-state index is 0.0701. The van der Waals surface area contributed by atoms with Gasteiger partial charge < -0.3 is 4.90 Å². The lowest BCUT2D eigenvalue weighted by molar-refractivity contribution is -0.128. The van der Waals surface area contributed by atoms with Crippen LogP contribution in [0.4, 0.5) is 0 Å². The number of hydrogen-bond acceptors (Lipinski definition) is 4. The van der Waals surface area contributed by atoms with Crippen molar-refractivity contribution >= 4 is 46.3 Å². The van der Waals surface area contributed by atoms with Crippen LogP contribution in [0, 0.1) is 16.7 Å². The van der Waals surface area contributed by atoms with Crippen LogP contribution >= 0.6 is 34.5 Å². The van der Waals surface area contributed by atoms with Crippen LogP contribution < -0.4 is 0 Å². The predicted molar refractivity (Wildman–Crippen MR) is 102 cm³/mol. The Hall–Kier alpha value is -1.87. The van der Waals surface area contributed by atoms with Gasteiger partial charge in [-0.25, -0.2) is 0 Å². The first-order valence-corrected chi connectivity index (χ1v) is 9.15. The first-order valence-electron chi connectivity index (χ1n) is 7.58. The van der Waals surface area contributed by atoms with E-state index in [0.717, 1.165) is 16.0 Å². The van der Waals surface area contributed by atoms with Gasteiger partial charge in [0.1, 0.15) is 10.2 Å². The molecule has 0 aliphatic carbocycles. The molecule has 25 heavy (non-hydrogen) atoms. The molecule has 0 spiro atoms. The molecule has 1 aliphatic rings. The number of thiophene rings is 1. The maximum Gasteiger partial charge on any atom is 0.228 e. The molecule has 2 aromatic rings. The van der Waals surface area contributed by atoms with Gasteiger partial charge in [-0.15, -0.1) is 11.3 Å². The lowest BCUT2D eigenvalue weighted by atomic mass is 9.78. The molecule has 3 rings (SSSR count). The van der Waals surface area contributed by atoms with E-state index >= 15 is 0 Å². The summed E-state index contributed by atoms with van der Waals surface area (Å²) in [6.45, 7) is 1.98. The SMILES string of the molecule is CN1C(=N)C[C@](C)(c2cc(-c3cc(Cl)cc(C#N)c3)c(Cl)s2)CC1=O. The Bertz CT molecular complexity index is 911. The van der Waals surface area contributed by atoms with E-state index in [4.69, 9.17) is 33.9 Å². The minimum atomic E-state index is -0.454. The van der Waals surface area contributed by atoms with Crippen LogP contribution in [0.1, 0.15) is 30.2 Å². The fourth-order valence-corrected chi connectivity index (χ4v) is 4.70. The molecule has 1 fully saturated rings. The largest absolute Gasteiger partial charge is 0.304 e. The Balaban J connectivity index is 2.04. The summed E-state index contributed by atoms with van der Waals surface area (Å²) in [5.41, 5.74) is 1.58. The third-order valence-corrected chi connectivity index (χ3v) is 6.38. The number of nitrogens with zero attached hydrogens (tertiary/aromatic N) is 2. The Morgan fingerprint density at radius 2 is 2.00 bits per heavy atom. The maximum absolute atomic E-state index is 12.2. The van der Waals surface area contributed by atoms with E-state index in [0.29, 0.717) is 33.6 Å². The normalized spacial score (nSPS) is 20.7. The van der Waals surface area contributed by atoms with Crippen molar-refractivity contribution in [1.82, 2.24) is 4.90 Å². The van der Waals surface area contributed by atoms with Crippen molar-refractivity contribution in [3.05, 3.63) is 44.1 Å². The molecule has 2 heterocycles. The molecule has 128 valence electrons. The number of nitriles is 1. The molecule has 1 amide bonds. The Labute approximate surface area is 160 Å². The number of benzene rings is 1. The highest BCUT2D eigenvalue weighted by Crippen LogP contribution is 2.45. The number of carbonyl (C=O) groups excluding carboxylic acids is 1. The van der Waals surface area contributed by atoms with Gasteiger partial charge in [0, 0.05) is 40.8 Å². The topological polar surface area (TPSA) is 68.0 Å². The number of halogens is 2. The number of amidine groups is 1. The van der Waals surface area contributed by atoms with Crippen molar-refractivity contribution < 1.29 is 4.79 Å². The average Bonchev–Trinajstić information content (AvgIpc) is 2.94. The van der Waals surface area contributed by atoms with Gasteiger partial charge in [-0.1, -0.05) is 30.1 Å². The van der Waals surface area contributed by atoms with Gasteiger partial charge in [0.25, 0.3) is 0 Å². The molecular weight excluding hydrogens is 377 g/mol. The van der Waals surface area contributed by atoms with Crippen LogP contribution in [0.25, 0.3) is 11.1 Å². The Morgan fingerprint density at radius 3 is 2.64 bits per heavy atom. The average molecular weight is 392 g/mol. The number of likely N-dealkylation sites (tertiary alicyclic amines) is 1. The molecule has 1 N–H and O–H groups in total. The van der Waals surface area contributed by atoms with Crippen molar-refractivity contribution in [2.24, 2.45) is 0 Å². The maximum atomic E-state index is 12.2. The van der Waals surface area contributed by atoms with Crippen LogP contribution in [-0.4, -0.2) is 23.7 Å². The molecule has 0 bridgehead atoms. The van der Waals surface area contributed by atoms with Crippen LogP contribution in [0.15, 0.2) is 24.3 Å². The van der Waals surface area contributed by atoms with Gasteiger partial charge in [-0.3, -0.25) is 10.2 Å². The molecule has 1 aromatic heterocycles. The van der Waals surface area contributed by atoms with Gasteiger partial charge in [-0.05, 0) is 29.8 Å². The number of nitrogens with one attached hydrogen (secondary N) is 1. The number of rotatable bonds is 2. The third-order valence-electron chi connectivity index (χ3n) is 4.50. The van der Waals surface area contributed by atoms with E-state index in [1.807, 2.05) is 13.0 Å². The van der Waals surface area contributed by atoms with Gasteiger partial charge >= 0.3 is 0 Å². The minimum Gasteiger partial charge on any atom is -0.304 e. The second-order valence-corrected chi connectivity index (χ2v) is 8.54.